The lowest BCUT2D eigenvalue weighted by Gasteiger charge is -2.01. The molecule has 2 aromatic carbocycles. The Balaban J connectivity index is 1.08. The van der Waals surface area contributed by atoms with Gasteiger partial charge in [-0.2, -0.15) is 10.2 Å². The van der Waals surface area contributed by atoms with Crippen molar-refractivity contribution in [2.45, 2.75) is 6.42 Å². The van der Waals surface area contributed by atoms with Crippen molar-refractivity contribution in [1.29, 1.82) is 0 Å². The maximum atomic E-state index is 12.2. The predicted octanol–water partition coefficient (Wildman–Crippen LogP) is 1.38. The maximum Gasteiger partial charge on any atom is 0.244 e. The van der Waals surface area contributed by atoms with Gasteiger partial charge in [0.2, 0.25) is 25.4 Å². The van der Waals surface area contributed by atoms with Crippen LogP contribution in [0.5, 0.6) is 23.0 Å². The molecule has 0 unspecified atom stereocenters. The molecule has 0 saturated heterocycles. The summed E-state index contributed by atoms with van der Waals surface area (Å²) < 4.78 is 21.1. The molecular weight excluding hydrogens is 404 g/mol. The van der Waals surface area contributed by atoms with Crippen LogP contribution in [-0.4, -0.2) is 37.8 Å². The van der Waals surface area contributed by atoms with Gasteiger partial charge in [0.25, 0.3) is 0 Å². The molecule has 1 aliphatic carbocycles. The second-order valence-corrected chi connectivity index (χ2v) is 7.14. The number of rotatable bonds is 6. The molecule has 10 nitrogen and oxygen atoms in total. The Kier molecular flexibility index (Phi) is 4.87. The van der Waals surface area contributed by atoms with Crippen molar-refractivity contribution in [3.63, 3.8) is 0 Å². The fraction of sp³-hybridized carbons (Fsp3) is 0.238. The van der Waals surface area contributed by atoms with Gasteiger partial charge in [0.1, 0.15) is 0 Å². The smallest absolute Gasteiger partial charge is 0.244 e. The van der Waals surface area contributed by atoms with Crippen molar-refractivity contribution in [2.75, 3.05) is 13.6 Å². The Bertz CT molecular complexity index is 1010. The van der Waals surface area contributed by atoms with Crippen LogP contribution in [0.4, 0.5) is 0 Å². The van der Waals surface area contributed by atoms with Crippen LogP contribution in [0.2, 0.25) is 0 Å². The quantitative estimate of drug-likeness (QED) is 0.536. The number of hydrogen-bond donors (Lipinski definition) is 2. The first-order valence-electron chi connectivity index (χ1n) is 9.62. The van der Waals surface area contributed by atoms with E-state index in [0.29, 0.717) is 29.4 Å². The third-order valence-electron chi connectivity index (χ3n) is 5.03. The third-order valence-corrected chi connectivity index (χ3v) is 5.03. The van der Waals surface area contributed by atoms with E-state index in [4.69, 9.17) is 18.9 Å². The fourth-order valence-electron chi connectivity index (χ4n) is 3.27. The minimum atomic E-state index is -0.422. The number of benzene rings is 2. The fourth-order valence-corrected chi connectivity index (χ4v) is 3.27. The van der Waals surface area contributed by atoms with E-state index in [1.807, 2.05) is 0 Å². The van der Waals surface area contributed by atoms with E-state index >= 15 is 0 Å². The van der Waals surface area contributed by atoms with Gasteiger partial charge in [0.15, 0.2) is 23.0 Å². The van der Waals surface area contributed by atoms with Crippen molar-refractivity contribution >= 4 is 24.2 Å². The monoisotopic (exact) mass is 422 g/mol. The van der Waals surface area contributed by atoms with E-state index in [2.05, 4.69) is 21.1 Å². The van der Waals surface area contributed by atoms with Gasteiger partial charge in [-0.05, 0) is 53.9 Å². The third kappa shape index (κ3) is 4.13. The molecule has 2 aliphatic heterocycles. The highest BCUT2D eigenvalue weighted by molar-refractivity contribution is 5.93. The zero-order valence-corrected chi connectivity index (χ0v) is 16.2. The van der Waals surface area contributed by atoms with Gasteiger partial charge < -0.3 is 18.9 Å². The van der Waals surface area contributed by atoms with Crippen LogP contribution in [0.3, 0.4) is 0 Å². The Morgan fingerprint density at radius 3 is 1.68 bits per heavy atom. The van der Waals surface area contributed by atoms with Crippen LogP contribution in [0.15, 0.2) is 46.6 Å². The van der Waals surface area contributed by atoms with Gasteiger partial charge in [0.05, 0.1) is 24.3 Å². The summed E-state index contributed by atoms with van der Waals surface area (Å²) in [7, 11) is 0. The largest absolute Gasteiger partial charge is 0.454 e. The summed E-state index contributed by atoms with van der Waals surface area (Å²) in [5, 5.41) is 7.90. The van der Waals surface area contributed by atoms with E-state index in [1.54, 1.807) is 36.4 Å². The lowest BCUT2D eigenvalue weighted by atomic mass is 10.2. The summed E-state index contributed by atoms with van der Waals surface area (Å²) in [4.78, 5) is 24.4. The van der Waals surface area contributed by atoms with Crippen molar-refractivity contribution in [3.8, 4) is 23.0 Å². The summed E-state index contributed by atoms with van der Waals surface area (Å²) in [6, 6.07) is 10.7. The Hall–Kier alpha value is -4.08. The zero-order valence-electron chi connectivity index (χ0n) is 16.2. The molecule has 3 aliphatic rings. The second-order valence-electron chi connectivity index (χ2n) is 7.14. The number of amides is 2. The number of fused-ring (bicyclic) bond motifs is 2. The van der Waals surface area contributed by atoms with Crippen LogP contribution in [0.25, 0.3) is 0 Å². The van der Waals surface area contributed by atoms with Crippen molar-refractivity contribution in [3.05, 3.63) is 47.5 Å². The number of carbonyl (C=O) groups excluding carboxylic acids is 2. The first-order chi connectivity index (χ1) is 15.2. The van der Waals surface area contributed by atoms with Gasteiger partial charge in [0, 0.05) is 0 Å². The molecule has 158 valence electrons. The maximum absolute atomic E-state index is 12.2. The van der Waals surface area contributed by atoms with E-state index in [0.717, 1.165) is 11.1 Å². The Morgan fingerprint density at radius 1 is 0.742 bits per heavy atom. The molecule has 0 radical (unpaired) electrons. The van der Waals surface area contributed by atoms with Crippen LogP contribution >= 0.6 is 0 Å². The topological polar surface area (TPSA) is 120 Å². The molecule has 1 fully saturated rings. The minimum Gasteiger partial charge on any atom is -0.454 e. The molecule has 5 rings (SSSR count). The number of ether oxygens (including phenoxy) is 4. The molecule has 10 heteroatoms. The molecule has 2 N–H and O–H groups in total. The average Bonchev–Trinajstić information content (AvgIpc) is 3.21. The minimum absolute atomic E-state index is 0.193. The lowest BCUT2D eigenvalue weighted by Crippen LogP contribution is -2.25. The molecule has 2 aromatic rings. The van der Waals surface area contributed by atoms with E-state index in [9.17, 15) is 9.59 Å². The van der Waals surface area contributed by atoms with Gasteiger partial charge in [-0.1, -0.05) is 0 Å². The Morgan fingerprint density at radius 2 is 1.19 bits per heavy atom. The van der Waals surface area contributed by atoms with Gasteiger partial charge >= 0.3 is 0 Å². The van der Waals surface area contributed by atoms with Crippen LogP contribution < -0.4 is 29.8 Å². The van der Waals surface area contributed by atoms with Gasteiger partial charge in [-0.15, -0.1) is 0 Å². The molecular formula is C21H18N4O6. The van der Waals surface area contributed by atoms with E-state index in [-0.39, 0.29) is 25.4 Å². The summed E-state index contributed by atoms with van der Waals surface area (Å²) in [5.41, 5.74) is 6.45. The van der Waals surface area contributed by atoms with Crippen LogP contribution in [0, 0.1) is 11.8 Å². The van der Waals surface area contributed by atoms with Crippen molar-refractivity contribution < 1.29 is 28.5 Å². The summed E-state index contributed by atoms with van der Waals surface area (Å²) in [6.45, 7) is 0.386. The van der Waals surface area contributed by atoms with Gasteiger partial charge in [-0.3, -0.25) is 9.59 Å². The predicted molar refractivity (Wildman–Crippen MR) is 108 cm³/mol. The van der Waals surface area contributed by atoms with E-state index in [1.165, 1.54) is 12.4 Å². The number of hydrazone groups is 2. The normalized spacial score (nSPS) is 20.3. The van der Waals surface area contributed by atoms with Crippen molar-refractivity contribution in [1.82, 2.24) is 10.9 Å². The Labute approximate surface area is 176 Å². The molecule has 31 heavy (non-hydrogen) atoms. The molecule has 0 bridgehead atoms. The first-order valence-corrected chi connectivity index (χ1v) is 9.62. The highest BCUT2D eigenvalue weighted by Gasteiger charge is 2.48. The van der Waals surface area contributed by atoms with Crippen LogP contribution in [0.1, 0.15) is 17.5 Å². The first kappa shape index (κ1) is 18.9. The number of nitrogens with zero attached hydrogens (tertiary/aromatic N) is 2. The van der Waals surface area contributed by atoms with Gasteiger partial charge in [-0.25, -0.2) is 10.9 Å². The molecule has 1 saturated carbocycles. The summed E-state index contributed by atoms with van der Waals surface area (Å²) in [5.74, 6) is 1.16. The molecule has 2 heterocycles. The average molecular weight is 422 g/mol. The number of carbonyl (C=O) groups is 2. The summed E-state index contributed by atoms with van der Waals surface area (Å²) in [6.07, 6.45) is 3.47. The molecule has 2 atom stereocenters. The van der Waals surface area contributed by atoms with E-state index < -0.39 is 11.8 Å². The molecule has 0 spiro atoms. The standard InChI is InChI=1S/C21H18N4O6/c26-20(24-22-8-12-1-3-16-18(5-12)30-10-28-16)14-7-15(14)21(27)25-23-9-13-2-4-17-19(6-13)31-11-29-17/h1-6,8-9,14-15H,7,10-11H2,(H,24,26)(H,25,27)/b22-8-,23-9-/t14-,15-/m0/s1. The van der Waals surface area contributed by atoms with Crippen molar-refractivity contribution in [2.24, 2.45) is 22.0 Å². The molecule has 0 aromatic heterocycles. The summed E-state index contributed by atoms with van der Waals surface area (Å²) >= 11 is 0. The highest BCUT2D eigenvalue weighted by Crippen LogP contribution is 2.39. The number of hydrogen-bond acceptors (Lipinski definition) is 8. The number of nitrogens with one attached hydrogen (secondary N) is 2. The SMILES string of the molecule is O=C(N/N=C\c1ccc2c(c1)OCO2)[C@H]1C[C@@H]1C(=O)N/N=C\c1ccc2c(c1)OCO2. The van der Waals surface area contributed by atoms with Crippen LogP contribution in [-0.2, 0) is 9.59 Å². The second kappa shape index (κ2) is 7.98. The lowest BCUT2D eigenvalue weighted by molar-refractivity contribution is -0.127. The highest BCUT2D eigenvalue weighted by atomic mass is 16.7. The zero-order chi connectivity index (χ0) is 21.2. The molecule has 2 amide bonds.